The molecule has 0 saturated heterocycles. The quantitative estimate of drug-likeness (QED) is 0.791. The van der Waals surface area contributed by atoms with Gasteiger partial charge in [-0.15, -0.1) is 0 Å². The van der Waals surface area contributed by atoms with Crippen molar-refractivity contribution >= 4 is 11.9 Å². The molecule has 0 bridgehead atoms. The average Bonchev–Trinajstić information content (AvgIpc) is 2.39. The van der Waals surface area contributed by atoms with E-state index in [-0.39, 0.29) is 5.91 Å². The van der Waals surface area contributed by atoms with E-state index in [4.69, 9.17) is 9.84 Å². The summed E-state index contributed by atoms with van der Waals surface area (Å²) in [5.41, 5.74) is 0.422. The van der Waals surface area contributed by atoms with Crippen LogP contribution in [0.25, 0.3) is 0 Å². The number of carboxylic acid groups (broad SMARTS) is 1. The van der Waals surface area contributed by atoms with Gasteiger partial charge in [-0.25, -0.2) is 4.79 Å². The Morgan fingerprint density at radius 1 is 1.26 bits per heavy atom. The third-order valence-electron chi connectivity index (χ3n) is 2.61. The largest absolute Gasteiger partial charge is 0.494 e. The van der Waals surface area contributed by atoms with E-state index >= 15 is 0 Å². The van der Waals surface area contributed by atoms with Crippen LogP contribution in [0.15, 0.2) is 24.3 Å². The summed E-state index contributed by atoms with van der Waals surface area (Å²) in [5.74, 6) is -0.715. The molecule has 1 aromatic rings. The zero-order valence-corrected chi connectivity index (χ0v) is 11.2. The Morgan fingerprint density at radius 3 is 2.37 bits per heavy atom. The topological polar surface area (TPSA) is 75.6 Å². The number of aliphatic carboxylic acids is 1. The molecule has 1 aromatic carbocycles. The van der Waals surface area contributed by atoms with Crippen molar-refractivity contribution < 1.29 is 19.4 Å². The molecule has 5 nitrogen and oxygen atoms in total. The molecule has 0 saturated carbocycles. The molecule has 0 spiro atoms. The van der Waals surface area contributed by atoms with Crippen LogP contribution in [0.4, 0.5) is 0 Å². The van der Waals surface area contributed by atoms with Crippen molar-refractivity contribution in [1.82, 2.24) is 5.32 Å². The van der Waals surface area contributed by atoms with Crippen LogP contribution in [-0.2, 0) is 4.79 Å². The first-order valence-electron chi connectivity index (χ1n) is 6.35. The van der Waals surface area contributed by atoms with E-state index in [2.05, 4.69) is 5.32 Å². The zero-order valence-electron chi connectivity index (χ0n) is 11.2. The first-order valence-corrected chi connectivity index (χ1v) is 6.35. The maximum Gasteiger partial charge on any atom is 0.326 e. The van der Waals surface area contributed by atoms with Gasteiger partial charge in [0.15, 0.2) is 0 Å². The number of nitrogens with one attached hydrogen (secondary N) is 1. The lowest BCUT2D eigenvalue weighted by molar-refractivity contribution is -0.139. The highest BCUT2D eigenvalue weighted by molar-refractivity contribution is 5.96. The Labute approximate surface area is 112 Å². The number of carbonyl (C=O) groups is 2. The van der Waals surface area contributed by atoms with E-state index in [9.17, 15) is 9.59 Å². The molecule has 0 aliphatic rings. The molecule has 1 atom stereocenters. The number of amides is 1. The van der Waals surface area contributed by atoms with Crippen LogP contribution >= 0.6 is 0 Å². The van der Waals surface area contributed by atoms with Crippen LogP contribution in [0.1, 0.15) is 37.0 Å². The highest BCUT2D eigenvalue weighted by Gasteiger charge is 2.19. The van der Waals surface area contributed by atoms with Gasteiger partial charge in [-0.05, 0) is 37.6 Å². The van der Waals surface area contributed by atoms with E-state index < -0.39 is 12.0 Å². The first-order chi connectivity index (χ1) is 9.08. The van der Waals surface area contributed by atoms with E-state index in [1.165, 1.54) is 0 Å². The molecule has 0 unspecified atom stereocenters. The molecule has 0 heterocycles. The first kappa shape index (κ1) is 15.0. The molecule has 1 amide bonds. The van der Waals surface area contributed by atoms with Crippen LogP contribution < -0.4 is 10.1 Å². The molecule has 1 rings (SSSR count). The Balaban J connectivity index is 2.68. The Bertz CT molecular complexity index is 428. The van der Waals surface area contributed by atoms with Crippen molar-refractivity contribution in [3.8, 4) is 5.75 Å². The summed E-state index contributed by atoms with van der Waals surface area (Å²) in [7, 11) is 0. The van der Waals surface area contributed by atoms with Crippen molar-refractivity contribution in [2.45, 2.75) is 32.7 Å². The van der Waals surface area contributed by atoms with Gasteiger partial charge in [-0.3, -0.25) is 4.79 Å². The summed E-state index contributed by atoms with van der Waals surface area (Å²) in [4.78, 5) is 22.8. The highest BCUT2D eigenvalue weighted by atomic mass is 16.5. The zero-order chi connectivity index (χ0) is 14.3. The summed E-state index contributed by atoms with van der Waals surface area (Å²) < 4.78 is 5.27. The van der Waals surface area contributed by atoms with Crippen molar-refractivity contribution in [2.24, 2.45) is 0 Å². The van der Waals surface area contributed by atoms with Gasteiger partial charge < -0.3 is 15.2 Å². The normalized spacial score (nSPS) is 11.7. The van der Waals surface area contributed by atoms with Gasteiger partial charge in [0.25, 0.3) is 5.91 Å². The van der Waals surface area contributed by atoms with Crippen molar-refractivity contribution in [3.63, 3.8) is 0 Å². The summed E-state index contributed by atoms with van der Waals surface area (Å²) >= 11 is 0. The second-order valence-corrected chi connectivity index (χ2v) is 4.11. The van der Waals surface area contributed by atoms with Gasteiger partial charge in [0.1, 0.15) is 11.8 Å². The number of carbonyl (C=O) groups excluding carboxylic acids is 1. The fourth-order valence-electron chi connectivity index (χ4n) is 1.66. The lowest BCUT2D eigenvalue weighted by atomic mass is 10.1. The lowest BCUT2D eigenvalue weighted by Gasteiger charge is -2.13. The van der Waals surface area contributed by atoms with Crippen LogP contribution in [0.3, 0.4) is 0 Å². The summed E-state index contributed by atoms with van der Waals surface area (Å²) in [6.45, 7) is 4.31. The number of hydrogen-bond acceptors (Lipinski definition) is 3. The number of rotatable bonds is 7. The van der Waals surface area contributed by atoms with E-state index in [1.54, 1.807) is 24.3 Å². The van der Waals surface area contributed by atoms with Crippen LogP contribution in [-0.4, -0.2) is 29.6 Å². The molecule has 0 aliphatic heterocycles. The van der Waals surface area contributed by atoms with E-state index in [1.807, 2.05) is 13.8 Å². The van der Waals surface area contributed by atoms with Gasteiger partial charge in [-0.2, -0.15) is 0 Å². The molecule has 19 heavy (non-hydrogen) atoms. The molecule has 0 aliphatic carbocycles. The minimum absolute atomic E-state index is 0.385. The predicted octanol–water partition coefficient (Wildman–Crippen LogP) is 2.07. The van der Waals surface area contributed by atoms with Gasteiger partial charge in [0.2, 0.25) is 0 Å². The molecule has 0 radical (unpaired) electrons. The van der Waals surface area contributed by atoms with Gasteiger partial charge >= 0.3 is 5.97 Å². The van der Waals surface area contributed by atoms with Crippen molar-refractivity contribution in [2.75, 3.05) is 6.61 Å². The third kappa shape index (κ3) is 4.62. The standard InChI is InChI=1S/C14H19NO4/c1-3-5-12(14(17)18)15-13(16)10-6-8-11(9-7-10)19-4-2/h6-9,12H,3-5H2,1-2H3,(H,15,16)(H,17,18)/t12-/m1/s1. The molecule has 5 heteroatoms. The Kier molecular flexibility index (Phi) is 5.85. The van der Waals surface area contributed by atoms with Gasteiger partial charge in [-0.1, -0.05) is 13.3 Å². The molecular weight excluding hydrogens is 246 g/mol. The lowest BCUT2D eigenvalue weighted by Crippen LogP contribution is -2.40. The summed E-state index contributed by atoms with van der Waals surface area (Å²) in [6.07, 6.45) is 1.11. The second-order valence-electron chi connectivity index (χ2n) is 4.11. The maximum atomic E-state index is 11.9. The third-order valence-corrected chi connectivity index (χ3v) is 2.61. The number of hydrogen-bond donors (Lipinski definition) is 2. The summed E-state index contributed by atoms with van der Waals surface area (Å²) in [5, 5.41) is 11.5. The maximum absolute atomic E-state index is 11.9. The van der Waals surface area contributed by atoms with E-state index in [0.717, 1.165) is 0 Å². The fraction of sp³-hybridized carbons (Fsp3) is 0.429. The van der Waals surface area contributed by atoms with Crippen molar-refractivity contribution in [1.29, 1.82) is 0 Å². The second kappa shape index (κ2) is 7.41. The molecule has 2 N–H and O–H groups in total. The highest BCUT2D eigenvalue weighted by Crippen LogP contribution is 2.12. The number of benzene rings is 1. The Morgan fingerprint density at radius 2 is 1.89 bits per heavy atom. The van der Waals surface area contributed by atoms with Crippen LogP contribution in [0.5, 0.6) is 5.75 Å². The van der Waals surface area contributed by atoms with Gasteiger partial charge in [0.05, 0.1) is 6.61 Å². The molecule has 0 fully saturated rings. The molecule has 0 aromatic heterocycles. The van der Waals surface area contributed by atoms with Crippen LogP contribution in [0, 0.1) is 0 Å². The molecule has 104 valence electrons. The smallest absolute Gasteiger partial charge is 0.326 e. The Hall–Kier alpha value is -2.04. The van der Waals surface area contributed by atoms with Crippen molar-refractivity contribution in [3.05, 3.63) is 29.8 Å². The van der Waals surface area contributed by atoms with Gasteiger partial charge in [0, 0.05) is 5.56 Å². The number of ether oxygens (including phenoxy) is 1. The number of carboxylic acids is 1. The molecular formula is C14H19NO4. The van der Waals surface area contributed by atoms with E-state index in [0.29, 0.717) is 30.8 Å². The summed E-state index contributed by atoms with van der Waals surface area (Å²) in [6, 6.07) is 5.77. The predicted molar refractivity (Wildman–Crippen MR) is 71.4 cm³/mol. The fourth-order valence-corrected chi connectivity index (χ4v) is 1.66. The minimum atomic E-state index is -1.01. The SMILES string of the molecule is CCC[C@@H](NC(=O)c1ccc(OCC)cc1)C(=O)O. The van der Waals surface area contributed by atoms with Crippen LogP contribution in [0.2, 0.25) is 0 Å². The average molecular weight is 265 g/mol. The monoisotopic (exact) mass is 265 g/mol. The minimum Gasteiger partial charge on any atom is -0.494 e.